The quantitative estimate of drug-likeness (QED) is 0.431. The van der Waals surface area contributed by atoms with Crippen LogP contribution in [0.3, 0.4) is 0 Å². The third-order valence-corrected chi connectivity index (χ3v) is 4.99. The van der Waals surface area contributed by atoms with Gasteiger partial charge in [0.1, 0.15) is 0 Å². The number of hydrogen-bond acceptors (Lipinski definition) is 5. The molecular formula is C24H20N5OPt-3. The van der Waals surface area contributed by atoms with Crippen LogP contribution in [0.4, 0.5) is 0 Å². The minimum atomic E-state index is 0. The smallest absolute Gasteiger partial charge is 0.0600 e. The Hall–Kier alpha value is -3.11. The van der Waals surface area contributed by atoms with Crippen LogP contribution in [-0.2, 0) is 21.1 Å². The molecular weight excluding hydrogens is 569 g/mol. The summed E-state index contributed by atoms with van der Waals surface area (Å²) in [4.78, 5) is 8.49. The van der Waals surface area contributed by atoms with Crippen LogP contribution < -0.4 is 4.74 Å². The molecule has 3 aromatic rings. The number of pyridine rings is 1. The summed E-state index contributed by atoms with van der Waals surface area (Å²) in [6.07, 6.45) is 13.0. The number of hydrogen-bond donors (Lipinski definition) is 0. The Morgan fingerprint density at radius 1 is 1.10 bits per heavy atom. The summed E-state index contributed by atoms with van der Waals surface area (Å²) in [6, 6.07) is 14.4. The Balaban J connectivity index is 0.00000231. The van der Waals surface area contributed by atoms with E-state index >= 15 is 0 Å². The maximum Gasteiger partial charge on any atom is 0.0600 e. The summed E-state index contributed by atoms with van der Waals surface area (Å²) in [7, 11) is 2.03. The first kappa shape index (κ1) is 21.1. The van der Waals surface area contributed by atoms with Gasteiger partial charge in [-0.05, 0) is 38.8 Å². The van der Waals surface area contributed by atoms with Crippen molar-refractivity contribution in [2.75, 3.05) is 13.6 Å². The molecule has 0 radical (unpaired) electrons. The largest absolute Gasteiger partial charge is 0.502 e. The monoisotopic (exact) mass is 589 g/mol. The second kappa shape index (κ2) is 8.56. The fraction of sp³-hybridized carbons (Fsp3) is 0.167. The number of benzene rings is 1. The molecule has 6 nitrogen and oxygen atoms in total. The molecule has 31 heavy (non-hydrogen) atoms. The average Bonchev–Trinajstić information content (AvgIpc) is 3.27. The second-order valence-electron chi connectivity index (χ2n) is 7.23. The van der Waals surface area contributed by atoms with Crippen molar-refractivity contribution in [3.63, 3.8) is 0 Å². The van der Waals surface area contributed by atoms with E-state index in [0.717, 1.165) is 40.7 Å². The van der Waals surface area contributed by atoms with E-state index in [1.54, 1.807) is 17.1 Å². The van der Waals surface area contributed by atoms with E-state index in [9.17, 15) is 0 Å². The minimum absolute atomic E-state index is 0. The molecule has 0 bridgehead atoms. The molecule has 2 aromatic heterocycles. The number of nitrogens with zero attached hydrogens (tertiary/aromatic N) is 5. The van der Waals surface area contributed by atoms with Crippen LogP contribution >= 0.6 is 0 Å². The van der Waals surface area contributed by atoms with Crippen molar-refractivity contribution in [1.29, 1.82) is 0 Å². The Morgan fingerprint density at radius 2 is 1.97 bits per heavy atom. The zero-order valence-electron chi connectivity index (χ0n) is 17.4. The second-order valence-corrected chi connectivity index (χ2v) is 7.23. The Bertz CT molecular complexity index is 1210. The van der Waals surface area contributed by atoms with Gasteiger partial charge in [0.25, 0.3) is 0 Å². The molecule has 0 fully saturated rings. The molecule has 0 unspecified atom stereocenters. The number of aryl methyl sites for hydroxylation is 2. The maximum atomic E-state index is 6.03. The summed E-state index contributed by atoms with van der Waals surface area (Å²) < 4.78 is 7.83. The Morgan fingerprint density at radius 3 is 2.74 bits per heavy atom. The molecule has 4 heterocycles. The van der Waals surface area contributed by atoms with Crippen LogP contribution in [-0.4, -0.2) is 38.2 Å². The van der Waals surface area contributed by atoms with E-state index in [0.29, 0.717) is 11.5 Å². The summed E-state index contributed by atoms with van der Waals surface area (Å²) in [6.45, 7) is 4.78. The molecule has 5 rings (SSSR count). The third-order valence-electron chi connectivity index (χ3n) is 4.99. The topological polar surface area (TPSA) is 46.4 Å². The zero-order chi connectivity index (χ0) is 20.7. The molecule has 0 amide bonds. The van der Waals surface area contributed by atoms with Gasteiger partial charge in [0, 0.05) is 50.6 Å². The Labute approximate surface area is 196 Å². The van der Waals surface area contributed by atoms with Crippen molar-refractivity contribution in [2.24, 2.45) is 0 Å². The van der Waals surface area contributed by atoms with Gasteiger partial charge in [-0.25, -0.2) is 5.56 Å². The van der Waals surface area contributed by atoms with E-state index < -0.39 is 0 Å². The van der Waals surface area contributed by atoms with Crippen molar-refractivity contribution >= 4 is 5.70 Å². The SMILES string of the molecule is Cc1cc(C)n(-c2[c-]c(Oc3[c-]c(C4=[C-]N5CC=CC=C5N4C)ccc3)cnc2)n1.[Pt]. The molecule has 0 spiro atoms. The molecule has 0 N–H and O–H groups in total. The van der Waals surface area contributed by atoms with Crippen molar-refractivity contribution < 1.29 is 25.8 Å². The molecule has 2 aliphatic rings. The van der Waals surface area contributed by atoms with Gasteiger partial charge in [0.2, 0.25) is 0 Å². The number of rotatable bonds is 4. The van der Waals surface area contributed by atoms with E-state index in [4.69, 9.17) is 4.74 Å². The summed E-state index contributed by atoms with van der Waals surface area (Å²) in [5.74, 6) is 2.20. The van der Waals surface area contributed by atoms with Crippen LogP contribution in [0.25, 0.3) is 11.4 Å². The molecule has 160 valence electrons. The van der Waals surface area contributed by atoms with Crippen molar-refractivity contribution in [3.8, 4) is 17.2 Å². The Kier molecular flexibility index (Phi) is 5.83. The predicted octanol–water partition coefficient (Wildman–Crippen LogP) is 4.03. The number of allylic oxidation sites excluding steroid dienone is 2. The zero-order valence-corrected chi connectivity index (χ0v) is 19.6. The molecule has 0 saturated heterocycles. The first-order chi connectivity index (χ1) is 14.6. The normalized spacial score (nSPS) is 14.7. The van der Waals surface area contributed by atoms with Gasteiger partial charge >= 0.3 is 0 Å². The molecule has 0 atom stereocenters. The molecule has 0 aliphatic carbocycles. The minimum Gasteiger partial charge on any atom is -0.502 e. The van der Waals surface area contributed by atoms with Gasteiger partial charge in [0.05, 0.1) is 5.69 Å². The first-order valence-corrected chi connectivity index (χ1v) is 9.72. The van der Waals surface area contributed by atoms with Crippen molar-refractivity contribution in [1.82, 2.24) is 24.6 Å². The van der Waals surface area contributed by atoms with Gasteiger partial charge in [0.15, 0.2) is 0 Å². The van der Waals surface area contributed by atoms with Gasteiger partial charge in [-0.3, -0.25) is 4.68 Å². The fourth-order valence-corrected chi connectivity index (χ4v) is 3.62. The number of ether oxygens (including phenoxy) is 1. The number of fused-ring (bicyclic) bond motifs is 1. The summed E-state index contributed by atoms with van der Waals surface area (Å²) >= 11 is 0. The number of aromatic nitrogens is 3. The van der Waals surface area contributed by atoms with Gasteiger partial charge in [-0.1, -0.05) is 24.4 Å². The van der Waals surface area contributed by atoms with Crippen molar-refractivity contribution in [2.45, 2.75) is 13.8 Å². The average molecular weight is 590 g/mol. The van der Waals surface area contributed by atoms with Crippen LogP contribution in [0.2, 0.25) is 0 Å². The van der Waals surface area contributed by atoms with Crippen LogP contribution in [0, 0.1) is 32.2 Å². The van der Waals surface area contributed by atoms with Gasteiger partial charge < -0.3 is 19.5 Å². The third kappa shape index (κ3) is 4.08. The van der Waals surface area contributed by atoms with E-state index in [1.165, 1.54) is 0 Å². The predicted molar refractivity (Wildman–Crippen MR) is 113 cm³/mol. The van der Waals surface area contributed by atoms with E-state index in [2.05, 4.69) is 56.4 Å². The van der Waals surface area contributed by atoms with E-state index in [-0.39, 0.29) is 21.1 Å². The molecule has 1 aromatic carbocycles. The standard InChI is InChI=1S/C24H20N5O.Pt/c1-17-11-18(2)29(26-17)20-13-22(15-25-14-20)30-21-8-6-7-19(12-21)23-16-28-10-5-4-9-24(28)27(23)3;/h4-9,11,14-15H,10H2,1-3H3;/q-3;. The van der Waals surface area contributed by atoms with Crippen LogP contribution in [0.15, 0.2) is 60.7 Å². The fourth-order valence-electron chi connectivity index (χ4n) is 3.62. The summed E-state index contributed by atoms with van der Waals surface area (Å²) in [5, 5.41) is 4.49. The molecule has 7 heteroatoms. The molecule has 2 aliphatic heterocycles. The molecule has 0 saturated carbocycles. The van der Waals surface area contributed by atoms with Gasteiger partial charge in [-0.2, -0.15) is 23.3 Å². The van der Waals surface area contributed by atoms with E-state index in [1.807, 2.05) is 45.2 Å². The maximum absolute atomic E-state index is 6.03. The van der Waals surface area contributed by atoms with Crippen LogP contribution in [0.5, 0.6) is 11.5 Å². The van der Waals surface area contributed by atoms with Crippen LogP contribution in [0.1, 0.15) is 17.0 Å². The van der Waals surface area contributed by atoms with Gasteiger partial charge in [-0.15, -0.1) is 24.0 Å². The van der Waals surface area contributed by atoms with Crippen molar-refractivity contribution in [3.05, 3.63) is 96.0 Å². The first-order valence-electron chi connectivity index (χ1n) is 9.72. The summed E-state index contributed by atoms with van der Waals surface area (Å²) in [5.41, 5.74) is 4.56.